The number of para-hydroxylation sites is 5. The molecule has 0 radical (unpaired) electrons. The van der Waals surface area contributed by atoms with Crippen LogP contribution in [0.5, 0.6) is 0 Å². The van der Waals surface area contributed by atoms with Gasteiger partial charge in [-0.1, -0.05) is 176 Å². The van der Waals surface area contributed by atoms with Crippen LogP contribution in [0.15, 0.2) is 224 Å². The molecule has 0 fully saturated rings. The van der Waals surface area contributed by atoms with Gasteiger partial charge in [0, 0.05) is 38.0 Å². The molecule has 0 aliphatic carbocycles. The maximum absolute atomic E-state index is 2.59. The van der Waals surface area contributed by atoms with E-state index in [-0.39, 0.29) is 0 Å². The maximum atomic E-state index is 2.59. The van der Waals surface area contributed by atoms with Gasteiger partial charge in [-0.25, -0.2) is 0 Å². The third-order valence-electron chi connectivity index (χ3n) is 14.3. The molecule has 2 heterocycles. The van der Waals surface area contributed by atoms with E-state index in [4.69, 9.17) is 0 Å². The monoisotopic (exact) mass is 823 g/mol. The topological polar surface area (TPSA) is 13.1 Å². The first kappa shape index (κ1) is 34.9. The molecule has 0 aliphatic rings. The number of hydrogen-bond acceptors (Lipinski definition) is 1. The van der Waals surface area contributed by atoms with Crippen LogP contribution in [0.25, 0.3) is 120 Å². The molecule has 15 rings (SSSR count). The summed E-state index contributed by atoms with van der Waals surface area (Å²) in [5, 5.41) is 20.1. The van der Waals surface area contributed by atoms with Crippen molar-refractivity contribution in [3.05, 3.63) is 224 Å². The number of nitrogens with zero attached hydrogens (tertiary/aromatic N) is 3. The number of aromatic nitrogens is 2. The molecule has 3 heteroatoms. The Morgan fingerprint density at radius 1 is 0.246 bits per heavy atom. The van der Waals surface area contributed by atoms with Gasteiger partial charge in [-0.3, -0.25) is 0 Å². The zero-order chi connectivity index (χ0) is 42.3. The second-order valence-corrected chi connectivity index (χ2v) is 17.6. The van der Waals surface area contributed by atoms with Gasteiger partial charge in [-0.05, 0) is 102 Å². The lowest BCUT2D eigenvalue weighted by Crippen LogP contribution is -2.13. The molecule has 2 aromatic heterocycles. The smallest absolute Gasteiger partial charge is 0.0783 e. The normalized spacial score (nSPS) is 12.3. The van der Waals surface area contributed by atoms with Crippen molar-refractivity contribution in [2.24, 2.45) is 0 Å². The molecule has 0 saturated heterocycles. The lowest BCUT2D eigenvalue weighted by atomic mass is 9.91. The van der Waals surface area contributed by atoms with Crippen molar-refractivity contribution in [3.8, 4) is 11.4 Å². The van der Waals surface area contributed by atoms with Crippen LogP contribution in [0.1, 0.15) is 0 Å². The van der Waals surface area contributed by atoms with Gasteiger partial charge >= 0.3 is 0 Å². The Morgan fingerprint density at radius 3 is 1.26 bits per heavy atom. The highest BCUT2D eigenvalue weighted by Gasteiger charge is 2.27. The average molecular weight is 824 g/mol. The van der Waals surface area contributed by atoms with Gasteiger partial charge in [0.1, 0.15) is 0 Å². The predicted molar refractivity (Wildman–Crippen MR) is 277 cm³/mol. The Kier molecular flexibility index (Phi) is 6.95. The maximum Gasteiger partial charge on any atom is 0.0783 e. The summed E-state index contributed by atoms with van der Waals surface area (Å²) in [7, 11) is 0. The van der Waals surface area contributed by atoms with E-state index in [9.17, 15) is 0 Å². The fourth-order valence-electron chi connectivity index (χ4n) is 11.7. The van der Waals surface area contributed by atoms with Crippen LogP contribution < -0.4 is 4.90 Å². The summed E-state index contributed by atoms with van der Waals surface area (Å²) in [5.41, 5.74) is 10.4. The third-order valence-corrected chi connectivity index (χ3v) is 14.3. The molecule has 3 nitrogen and oxygen atoms in total. The first-order valence-corrected chi connectivity index (χ1v) is 22.5. The van der Waals surface area contributed by atoms with Gasteiger partial charge < -0.3 is 14.0 Å². The molecule has 0 spiro atoms. The summed E-state index contributed by atoms with van der Waals surface area (Å²) >= 11 is 0. The molecule has 0 amide bonds. The van der Waals surface area contributed by atoms with E-state index in [0.717, 1.165) is 39.5 Å². The molecule has 0 saturated carbocycles. The molecule has 65 heavy (non-hydrogen) atoms. The third kappa shape index (κ3) is 4.68. The van der Waals surface area contributed by atoms with Gasteiger partial charge in [0.15, 0.2) is 0 Å². The van der Waals surface area contributed by atoms with Crippen LogP contribution >= 0.6 is 0 Å². The number of fused-ring (bicyclic) bond motifs is 6. The largest absolute Gasteiger partial charge is 0.307 e. The van der Waals surface area contributed by atoms with Crippen molar-refractivity contribution < 1.29 is 0 Å². The second-order valence-electron chi connectivity index (χ2n) is 17.6. The van der Waals surface area contributed by atoms with E-state index in [1.165, 1.54) is 97.2 Å². The van der Waals surface area contributed by atoms with Crippen LogP contribution in [0.3, 0.4) is 0 Å². The molecule has 15 aromatic rings. The highest BCUT2D eigenvalue weighted by Crippen LogP contribution is 2.51. The zero-order valence-electron chi connectivity index (χ0n) is 35.2. The van der Waals surface area contributed by atoms with Gasteiger partial charge in [-0.2, -0.15) is 0 Å². The lowest BCUT2D eigenvalue weighted by Gasteiger charge is -2.30. The summed E-state index contributed by atoms with van der Waals surface area (Å²) in [6.45, 7) is 0. The molecule has 0 unspecified atom stereocenters. The summed E-state index contributed by atoms with van der Waals surface area (Å²) in [5.74, 6) is 0. The molecular weight excluding hydrogens is 787 g/mol. The standard InChI is InChI=1S/C62H37N3/c1-2-16-44(17-3-1)63-51-22-6-4-18-45(51)47-20-11-25-56(61(47)63)65-52-23-7-5-19-46(52)48-21-10-24-55(62(48)65)64(53-36-32-42-28-26-38-12-8-14-40-30-34-49(53)59(42)57(38)40)54-37-33-43-29-27-39-13-9-15-41-31-35-50(54)60(43)58(39)41/h1-37H. The zero-order valence-corrected chi connectivity index (χ0v) is 35.2. The quantitative estimate of drug-likeness (QED) is 0.158. The second kappa shape index (κ2) is 12.9. The number of benzene rings is 13. The molecule has 0 N–H and O–H groups in total. The van der Waals surface area contributed by atoms with Crippen LogP contribution in [0.2, 0.25) is 0 Å². The van der Waals surface area contributed by atoms with Crippen LogP contribution in [-0.2, 0) is 0 Å². The minimum absolute atomic E-state index is 1.11. The lowest BCUT2D eigenvalue weighted by molar-refractivity contribution is 1.13. The Bertz CT molecular complexity index is 4240. The van der Waals surface area contributed by atoms with Gasteiger partial charge in [0.05, 0.1) is 44.8 Å². The van der Waals surface area contributed by atoms with Gasteiger partial charge in [0.25, 0.3) is 0 Å². The Morgan fingerprint density at radius 2 is 0.677 bits per heavy atom. The predicted octanol–water partition coefficient (Wildman–Crippen LogP) is 17.1. The Hall–Kier alpha value is -8.66. The first-order valence-electron chi connectivity index (χ1n) is 22.5. The van der Waals surface area contributed by atoms with Crippen LogP contribution in [-0.4, -0.2) is 9.13 Å². The summed E-state index contributed by atoms with van der Waals surface area (Å²) in [6.07, 6.45) is 0. The molecule has 0 aliphatic heterocycles. The van der Waals surface area contributed by atoms with E-state index in [0.29, 0.717) is 0 Å². The molecule has 0 atom stereocenters. The van der Waals surface area contributed by atoms with Crippen LogP contribution in [0, 0.1) is 0 Å². The van der Waals surface area contributed by atoms with Crippen molar-refractivity contribution >= 4 is 125 Å². The minimum Gasteiger partial charge on any atom is -0.307 e. The van der Waals surface area contributed by atoms with E-state index in [1.807, 2.05) is 0 Å². The Labute approximate surface area is 373 Å². The number of anilines is 3. The van der Waals surface area contributed by atoms with E-state index >= 15 is 0 Å². The average Bonchev–Trinajstić information content (AvgIpc) is 3.90. The van der Waals surface area contributed by atoms with Crippen LogP contribution in [0.4, 0.5) is 17.1 Å². The number of hydrogen-bond donors (Lipinski definition) is 0. The highest BCUT2D eigenvalue weighted by molar-refractivity contribution is 6.29. The van der Waals surface area contributed by atoms with Crippen molar-refractivity contribution in [2.75, 3.05) is 4.90 Å². The molecule has 13 aromatic carbocycles. The van der Waals surface area contributed by atoms with Crippen molar-refractivity contribution in [3.63, 3.8) is 0 Å². The summed E-state index contributed by atoms with van der Waals surface area (Å²) < 4.78 is 5.02. The molecular formula is C62H37N3. The van der Waals surface area contributed by atoms with E-state index in [2.05, 4.69) is 238 Å². The van der Waals surface area contributed by atoms with E-state index < -0.39 is 0 Å². The SMILES string of the molecule is c1ccc(-n2c3ccccc3c3cccc(-n4c5ccccc5c5cccc(N(c6ccc7ccc8cccc9ccc6c7c89)c6ccc7ccc8cccc9ccc6c7c89)c54)c32)cc1. The fraction of sp³-hybridized carbons (Fsp3) is 0. The van der Waals surface area contributed by atoms with E-state index in [1.54, 1.807) is 0 Å². The van der Waals surface area contributed by atoms with Crippen molar-refractivity contribution in [1.29, 1.82) is 0 Å². The first-order chi connectivity index (χ1) is 32.3. The van der Waals surface area contributed by atoms with Gasteiger partial charge in [0.2, 0.25) is 0 Å². The summed E-state index contributed by atoms with van der Waals surface area (Å²) in [4.78, 5) is 2.59. The summed E-state index contributed by atoms with van der Waals surface area (Å²) in [6, 6.07) is 83.6. The Balaban J connectivity index is 1.13. The molecule has 0 bridgehead atoms. The van der Waals surface area contributed by atoms with Crippen molar-refractivity contribution in [1.82, 2.24) is 9.13 Å². The highest BCUT2D eigenvalue weighted by atomic mass is 15.2. The minimum atomic E-state index is 1.11. The number of rotatable bonds is 5. The fourth-order valence-corrected chi connectivity index (χ4v) is 11.7. The van der Waals surface area contributed by atoms with Gasteiger partial charge in [-0.15, -0.1) is 0 Å². The van der Waals surface area contributed by atoms with Crippen molar-refractivity contribution in [2.45, 2.75) is 0 Å². The molecule has 300 valence electrons.